The van der Waals surface area contributed by atoms with Crippen molar-refractivity contribution >= 4 is 11.8 Å². The molecule has 2 rings (SSSR count). The summed E-state index contributed by atoms with van der Waals surface area (Å²) in [6, 6.07) is 0.413. The first-order chi connectivity index (χ1) is 8.78. The van der Waals surface area contributed by atoms with Crippen molar-refractivity contribution in [2.75, 3.05) is 5.75 Å². The molecule has 1 unspecified atom stereocenters. The first-order valence-electron chi connectivity index (χ1n) is 6.83. The van der Waals surface area contributed by atoms with E-state index in [1.54, 1.807) is 0 Å². The Morgan fingerprint density at radius 2 is 2.33 bits per heavy atom. The molecule has 1 atom stereocenters. The molecule has 0 saturated heterocycles. The second-order valence-corrected chi connectivity index (χ2v) is 6.50. The Balaban J connectivity index is 1.68. The Bertz CT molecular complexity index is 347. The van der Waals surface area contributed by atoms with Gasteiger partial charge in [-0.3, -0.25) is 16.0 Å². The minimum Gasteiger partial charge on any atom is -0.276 e. The summed E-state index contributed by atoms with van der Waals surface area (Å²) in [6.45, 7) is 0. The highest BCUT2D eigenvalue weighted by atomic mass is 32.2. The highest BCUT2D eigenvalue weighted by Crippen LogP contribution is 2.29. The van der Waals surface area contributed by atoms with Crippen LogP contribution >= 0.6 is 11.8 Å². The van der Waals surface area contributed by atoms with E-state index in [0.29, 0.717) is 6.04 Å². The molecular weight excluding hydrogens is 244 g/mol. The third-order valence-corrected chi connectivity index (χ3v) is 5.15. The average Bonchev–Trinajstić information content (AvgIpc) is 3.01. The van der Waals surface area contributed by atoms with Crippen LogP contribution in [0.15, 0.2) is 12.4 Å². The van der Waals surface area contributed by atoms with E-state index in [0.717, 1.165) is 23.8 Å². The molecule has 1 heterocycles. The Morgan fingerprint density at radius 3 is 2.94 bits per heavy atom. The molecule has 18 heavy (non-hydrogen) atoms. The summed E-state index contributed by atoms with van der Waals surface area (Å²) >= 11 is 2.09. The van der Waals surface area contributed by atoms with Gasteiger partial charge in [0.15, 0.2) is 0 Å². The maximum Gasteiger partial charge on any atom is 0.0521 e. The smallest absolute Gasteiger partial charge is 0.0521 e. The molecule has 0 aromatic carbocycles. The molecule has 0 aliphatic heterocycles. The second-order valence-electron chi connectivity index (χ2n) is 5.16. The quantitative estimate of drug-likeness (QED) is 0.585. The topological polar surface area (TPSA) is 55.9 Å². The maximum absolute atomic E-state index is 5.64. The van der Waals surface area contributed by atoms with E-state index in [1.807, 2.05) is 17.9 Å². The number of aryl methyl sites for hydroxylation is 2. The molecule has 4 nitrogen and oxygen atoms in total. The van der Waals surface area contributed by atoms with Crippen LogP contribution in [0.2, 0.25) is 0 Å². The summed E-state index contributed by atoms with van der Waals surface area (Å²) in [7, 11) is 1.96. The molecular formula is C13H24N4S. The maximum atomic E-state index is 5.64. The van der Waals surface area contributed by atoms with Crippen molar-refractivity contribution in [1.29, 1.82) is 0 Å². The normalized spacial score (nSPS) is 18.3. The van der Waals surface area contributed by atoms with Crippen molar-refractivity contribution in [3.63, 3.8) is 0 Å². The third kappa shape index (κ3) is 4.30. The fourth-order valence-electron chi connectivity index (χ4n) is 2.46. The molecule has 0 spiro atoms. The van der Waals surface area contributed by atoms with Crippen molar-refractivity contribution in [3.05, 3.63) is 18.0 Å². The van der Waals surface area contributed by atoms with Crippen molar-refractivity contribution < 1.29 is 0 Å². The van der Waals surface area contributed by atoms with E-state index >= 15 is 0 Å². The highest BCUT2D eigenvalue weighted by molar-refractivity contribution is 7.99. The van der Waals surface area contributed by atoms with Crippen LogP contribution in [-0.2, 0) is 13.5 Å². The number of aromatic nitrogens is 2. The number of nitrogens with zero attached hydrogens (tertiary/aromatic N) is 2. The van der Waals surface area contributed by atoms with Gasteiger partial charge in [-0.15, -0.1) is 0 Å². The standard InChI is InChI=1S/C13H24N4S/c1-17-9-11(8-15-17)6-7-12(16-14)10-18-13-4-2-3-5-13/h8-9,12-13,16H,2-7,10,14H2,1H3. The van der Waals surface area contributed by atoms with Gasteiger partial charge >= 0.3 is 0 Å². The number of hydrogen-bond acceptors (Lipinski definition) is 4. The van der Waals surface area contributed by atoms with Gasteiger partial charge in [-0.25, -0.2) is 0 Å². The van der Waals surface area contributed by atoms with Gasteiger partial charge in [0, 0.05) is 30.3 Å². The minimum atomic E-state index is 0.413. The molecule has 1 aromatic rings. The monoisotopic (exact) mass is 268 g/mol. The van der Waals surface area contributed by atoms with Crippen LogP contribution < -0.4 is 11.3 Å². The van der Waals surface area contributed by atoms with Crippen molar-refractivity contribution in [2.24, 2.45) is 12.9 Å². The second kappa shape index (κ2) is 7.16. The molecule has 1 fully saturated rings. The van der Waals surface area contributed by atoms with Crippen molar-refractivity contribution in [3.8, 4) is 0 Å². The third-order valence-electron chi connectivity index (χ3n) is 3.61. The van der Waals surface area contributed by atoms with E-state index < -0.39 is 0 Å². The van der Waals surface area contributed by atoms with Crippen LogP contribution in [0.25, 0.3) is 0 Å². The largest absolute Gasteiger partial charge is 0.276 e. The van der Waals surface area contributed by atoms with E-state index in [1.165, 1.54) is 31.2 Å². The lowest BCUT2D eigenvalue weighted by atomic mass is 10.1. The Labute approximate surface area is 114 Å². The zero-order valence-corrected chi connectivity index (χ0v) is 12.0. The molecule has 5 heteroatoms. The lowest BCUT2D eigenvalue weighted by Gasteiger charge is -2.17. The molecule has 1 saturated carbocycles. The van der Waals surface area contributed by atoms with Crippen LogP contribution in [0.5, 0.6) is 0 Å². The zero-order chi connectivity index (χ0) is 12.8. The molecule has 102 valence electrons. The average molecular weight is 268 g/mol. The number of hydrogen-bond donors (Lipinski definition) is 2. The lowest BCUT2D eigenvalue weighted by molar-refractivity contribution is 0.538. The minimum absolute atomic E-state index is 0.413. The van der Waals surface area contributed by atoms with E-state index in [4.69, 9.17) is 5.84 Å². The van der Waals surface area contributed by atoms with Gasteiger partial charge in [0.25, 0.3) is 0 Å². The van der Waals surface area contributed by atoms with Crippen LogP contribution in [0, 0.1) is 0 Å². The fourth-order valence-corrected chi connectivity index (χ4v) is 3.90. The van der Waals surface area contributed by atoms with Crippen molar-refractivity contribution in [1.82, 2.24) is 15.2 Å². The van der Waals surface area contributed by atoms with Gasteiger partial charge in [-0.1, -0.05) is 12.8 Å². The first kappa shape index (κ1) is 13.9. The number of nitrogens with one attached hydrogen (secondary N) is 1. The van der Waals surface area contributed by atoms with E-state index in [2.05, 4.69) is 28.5 Å². The zero-order valence-electron chi connectivity index (χ0n) is 11.1. The summed E-state index contributed by atoms with van der Waals surface area (Å²) in [4.78, 5) is 0. The number of thioether (sulfide) groups is 1. The summed E-state index contributed by atoms with van der Waals surface area (Å²) < 4.78 is 1.85. The van der Waals surface area contributed by atoms with Crippen LogP contribution in [-0.4, -0.2) is 26.8 Å². The number of hydrazine groups is 1. The SMILES string of the molecule is Cn1cc(CCC(CSC2CCCC2)NN)cn1. The fraction of sp³-hybridized carbons (Fsp3) is 0.769. The van der Waals surface area contributed by atoms with Gasteiger partial charge in [0.1, 0.15) is 0 Å². The lowest BCUT2D eigenvalue weighted by Crippen LogP contribution is -2.37. The highest BCUT2D eigenvalue weighted by Gasteiger charge is 2.17. The van der Waals surface area contributed by atoms with E-state index in [9.17, 15) is 0 Å². The molecule has 0 bridgehead atoms. The molecule has 3 N–H and O–H groups in total. The van der Waals surface area contributed by atoms with E-state index in [-0.39, 0.29) is 0 Å². The molecule has 1 aliphatic carbocycles. The Hall–Kier alpha value is -0.520. The Kier molecular flexibility index (Phi) is 5.53. The summed E-state index contributed by atoms with van der Waals surface area (Å²) in [5.41, 5.74) is 4.25. The predicted molar refractivity (Wildman–Crippen MR) is 77.4 cm³/mol. The predicted octanol–water partition coefficient (Wildman–Crippen LogP) is 1.86. The molecule has 0 radical (unpaired) electrons. The number of nitrogens with two attached hydrogens (primary N) is 1. The van der Waals surface area contributed by atoms with Crippen LogP contribution in [0.4, 0.5) is 0 Å². The molecule has 1 aromatic heterocycles. The molecule has 1 aliphatic rings. The summed E-state index contributed by atoms with van der Waals surface area (Å²) in [5.74, 6) is 6.77. The molecule has 0 amide bonds. The van der Waals surface area contributed by atoms with Gasteiger partial charge in [-0.2, -0.15) is 16.9 Å². The van der Waals surface area contributed by atoms with Gasteiger partial charge in [0.2, 0.25) is 0 Å². The summed E-state index contributed by atoms with van der Waals surface area (Å²) in [6.07, 6.45) is 11.8. The first-order valence-corrected chi connectivity index (χ1v) is 7.88. The summed E-state index contributed by atoms with van der Waals surface area (Å²) in [5, 5.41) is 5.06. The van der Waals surface area contributed by atoms with Gasteiger partial charge in [-0.05, 0) is 31.2 Å². The van der Waals surface area contributed by atoms with Gasteiger partial charge in [0.05, 0.1) is 6.20 Å². The van der Waals surface area contributed by atoms with Crippen LogP contribution in [0.3, 0.4) is 0 Å². The van der Waals surface area contributed by atoms with Gasteiger partial charge < -0.3 is 0 Å². The number of rotatable bonds is 7. The van der Waals surface area contributed by atoms with Crippen molar-refractivity contribution in [2.45, 2.75) is 49.8 Å². The van der Waals surface area contributed by atoms with Crippen LogP contribution in [0.1, 0.15) is 37.7 Å². The Morgan fingerprint density at radius 1 is 1.56 bits per heavy atom.